The number of aromatic nitrogens is 3. The minimum Gasteiger partial charge on any atom is -0.320 e. The third-order valence-corrected chi connectivity index (χ3v) is 3.85. The monoisotopic (exact) mass is 236 g/mol. The lowest BCUT2D eigenvalue weighted by Gasteiger charge is -2.43. The van der Waals surface area contributed by atoms with E-state index in [1.54, 1.807) is 6.33 Å². The predicted octanol–water partition coefficient (Wildman–Crippen LogP) is -1.10. The third kappa shape index (κ3) is 2.34. The molecule has 6 nitrogen and oxygen atoms in total. The van der Waals surface area contributed by atoms with Crippen molar-refractivity contribution in [2.45, 2.75) is 12.6 Å². The fraction of sp³-hybridized carbons (Fsp3) is 0.818. The molecule has 3 heterocycles. The lowest BCUT2D eigenvalue weighted by atomic mass is 10.1. The zero-order valence-corrected chi connectivity index (χ0v) is 10.3. The van der Waals surface area contributed by atoms with E-state index in [-0.39, 0.29) is 0 Å². The standard InChI is InChI=1S/C11H20N6/c1-15-9-13-14-11(15)8-16-2-4-17(5-3-16)10-6-12-7-10/h9-10,12H,2-8H2,1H3. The molecule has 0 unspecified atom stereocenters. The zero-order chi connectivity index (χ0) is 11.7. The summed E-state index contributed by atoms with van der Waals surface area (Å²) in [4.78, 5) is 5.07. The van der Waals surface area contributed by atoms with Gasteiger partial charge in [0.25, 0.3) is 0 Å². The van der Waals surface area contributed by atoms with Crippen LogP contribution in [0.1, 0.15) is 5.82 Å². The van der Waals surface area contributed by atoms with E-state index in [1.807, 2.05) is 11.6 Å². The Balaban J connectivity index is 1.49. The molecule has 2 fully saturated rings. The van der Waals surface area contributed by atoms with E-state index in [9.17, 15) is 0 Å². The van der Waals surface area contributed by atoms with E-state index in [4.69, 9.17) is 0 Å². The number of nitrogens with one attached hydrogen (secondary N) is 1. The van der Waals surface area contributed by atoms with Gasteiger partial charge in [-0.3, -0.25) is 9.80 Å². The van der Waals surface area contributed by atoms with Crippen molar-refractivity contribution in [3.05, 3.63) is 12.2 Å². The van der Waals surface area contributed by atoms with Crippen LogP contribution in [0.15, 0.2) is 6.33 Å². The van der Waals surface area contributed by atoms with E-state index >= 15 is 0 Å². The average Bonchev–Trinajstić information content (AvgIpc) is 2.65. The van der Waals surface area contributed by atoms with Gasteiger partial charge >= 0.3 is 0 Å². The Morgan fingerprint density at radius 1 is 1.29 bits per heavy atom. The Morgan fingerprint density at radius 2 is 2.06 bits per heavy atom. The topological polar surface area (TPSA) is 49.2 Å². The molecule has 0 atom stereocenters. The van der Waals surface area contributed by atoms with Crippen molar-refractivity contribution in [3.63, 3.8) is 0 Å². The van der Waals surface area contributed by atoms with Gasteiger partial charge in [0.15, 0.2) is 0 Å². The molecule has 94 valence electrons. The molecule has 17 heavy (non-hydrogen) atoms. The fourth-order valence-corrected chi connectivity index (χ4v) is 2.47. The first kappa shape index (κ1) is 11.1. The molecule has 1 N–H and O–H groups in total. The summed E-state index contributed by atoms with van der Waals surface area (Å²) in [6.45, 7) is 7.92. The Bertz CT molecular complexity index is 364. The van der Waals surface area contributed by atoms with Crippen molar-refractivity contribution < 1.29 is 0 Å². The Kier molecular flexibility index (Phi) is 3.09. The fourth-order valence-electron chi connectivity index (χ4n) is 2.47. The van der Waals surface area contributed by atoms with Crippen LogP contribution in [0.4, 0.5) is 0 Å². The highest BCUT2D eigenvalue weighted by molar-refractivity contribution is 4.90. The van der Waals surface area contributed by atoms with Crippen LogP contribution >= 0.6 is 0 Å². The van der Waals surface area contributed by atoms with Gasteiger partial charge in [-0.25, -0.2) is 0 Å². The molecule has 2 aliphatic rings. The summed E-state index contributed by atoms with van der Waals surface area (Å²) >= 11 is 0. The molecule has 0 bridgehead atoms. The summed E-state index contributed by atoms with van der Waals surface area (Å²) in [5, 5.41) is 11.4. The van der Waals surface area contributed by atoms with Crippen LogP contribution in [0.25, 0.3) is 0 Å². The van der Waals surface area contributed by atoms with Crippen LogP contribution in [0.5, 0.6) is 0 Å². The van der Waals surface area contributed by atoms with E-state index < -0.39 is 0 Å². The van der Waals surface area contributed by atoms with Gasteiger partial charge in [-0.15, -0.1) is 10.2 Å². The molecular formula is C11H20N6. The van der Waals surface area contributed by atoms with Gasteiger partial charge in [0.1, 0.15) is 12.2 Å². The first-order chi connectivity index (χ1) is 8.33. The number of hydrogen-bond donors (Lipinski definition) is 1. The summed E-state index contributed by atoms with van der Waals surface area (Å²) in [5.74, 6) is 1.06. The molecule has 1 aromatic rings. The molecule has 0 radical (unpaired) electrons. The van der Waals surface area contributed by atoms with Crippen LogP contribution < -0.4 is 5.32 Å². The summed E-state index contributed by atoms with van der Waals surface area (Å²) in [6, 6.07) is 0.784. The number of aryl methyl sites for hydroxylation is 1. The van der Waals surface area contributed by atoms with Crippen molar-refractivity contribution in [2.75, 3.05) is 39.3 Å². The largest absolute Gasteiger partial charge is 0.320 e. The highest BCUT2D eigenvalue weighted by atomic mass is 15.3. The molecule has 2 saturated heterocycles. The lowest BCUT2D eigenvalue weighted by molar-refractivity contribution is 0.0680. The molecule has 3 rings (SSSR count). The zero-order valence-electron chi connectivity index (χ0n) is 10.3. The number of nitrogens with zero attached hydrogens (tertiary/aromatic N) is 5. The smallest absolute Gasteiger partial charge is 0.146 e. The van der Waals surface area contributed by atoms with Gasteiger partial charge in [0.05, 0.1) is 6.54 Å². The summed E-state index contributed by atoms with van der Waals surface area (Å²) in [6.07, 6.45) is 1.77. The number of rotatable bonds is 3. The van der Waals surface area contributed by atoms with Gasteiger partial charge in [0, 0.05) is 52.4 Å². The minimum absolute atomic E-state index is 0.784. The Labute approximate surface area is 102 Å². The maximum atomic E-state index is 4.14. The molecule has 0 spiro atoms. The minimum atomic E-state index is 0.784. The molecule has 1 aromatic heterocycles. The second-order valence-electron chi connectivity index (χ2n) is 4.98. The molecule has 0 saturated carbocycles. The van der Waals surface area contributed by atoms with Crippen LogP contribution in [0.2, 0.25) is 0 Å². The SMILES string of the molecule is Cn1cnnc1CN1CCN(C2CNC2)CC1. The molecule has 0 aliphatic carbocycles. The van der Waals surface area contributed by atoms with E-state index in [0.717, 1.165) is 31.5 Å². The molecule has 0 amide bonds. The first-order valence-corrected chi connectivity index (χ1v) is 6.33. The highest BCUT2D eigenvalue weighted by Gasteiger charge is 2.27. The molecular weight excluding hydrogens is 216 g/mol. The summed E-state index contributed by atoms with van der Waals surface area (Å²) < 4.78 is 2.00. The van der Waals surface area contributed by atoms with Crippen molar-refractivity contribution in [1.82, 2.24) is 29.9 Å². The van der Waals surface area contributed by atoms with Crippen molar-refractivity contribution in [1.29, 1.82) is 0 Å². The maximum absolute atomic E-state index is 4.14. The van der Waals surface area contributed by atoms with Crippen LogP contribution in [0.3, 0.4) is 0 Å². The Hall–Kier alpha value is -0.980. The quantitative estimate of drug-likeness (QED) is 0.722. The summed E-state index contributed by atoms with van der Waals surface area (Å²) in [5.41, 5.74) is 0. The van der Waals surface area contributed by atoms with Crippen molar-refractivity contribution in [2.24, 2.45) is 7.05 Å². The molecule has 2 aliphatic heterocycles. The van der Waals surface area contributed by atoms with Gasteiger partial charge in [-0.1, -0.05) is 0 Å². The average molecular weight is 236 g/mol. The predicted molar refractivity (Wildman–Crippen MR) is 64.5 cm³/mol. The van der Waals surface area contributed by atoms with Crippen molar-refractivity contribution in [3.8, 4) is 0 Å². The number of hydrogen-bond acceptors (Lipinski definition) is 5. The van der Waals surface area contributed by atoms with Gasteiger partial charge in [-0.05, 0) is 0 Å². The van der Waals surface area contributed by atoms with Gasteiger partial charge < -0.3 is 9.88 Å². The number of piperazine rings is 1. The Morgan fingerprint density at radius 3 is 2.59 bits per heavy atom. The van der Waals surface area contributed by atoms with Crippen molar-refractivity contribution >= 4 is 0 Å². The van der Waals surface area contributed by atoms with E-state index in [2.05, 4.69) is 25.3 Å². The second-order valence-corrected chi connectivity index (χ2v) is 4.98. The molecule has 0 aromatic carbocycles. The van der Waals surface area contributed by atoms with Gasteiger partial charge in [0.2, 0.25) is 0 Å². The second kappa shape index (κ2) is 4.72. The molecule has 6 heteroatoms. The highest BCUT2D eigenvalue weighted by Crippen LogP contribution is 2.11. The van der Waals surface area contributed by atoms with Crippen LogP contribution in [-0.4, -0.2) is 69.9 Å². The van der Waals surface area contributed by atoms with Crippen LogP contribution in [-0.2, 0) is 13.6 Å². The third-order valence-electron chi connectivity index (χ3n) is 3.85. The lowest BCUT2D eigenvalue weighted by Crippen LogP contribution is -2.61. The van der Waals surface area contributed by atoms with E-state index in [1.165, 1.54) is 26.2 Å². The van der Waals surface area contributed by atoms with Gasteiger partial charge in [-0.2, -0.15) is 0 Å². The van der Waals surface area contributed by atoms with Crippen LogP contribution in [0, 0.1) is 0 Å². The van der Waals surface area contributed by atoms with E-state index in [0.29, 0.717) is 0 Å². The first-order valence-electron chi connectivity index (χ1n) is 6.33. The summed E-state index contributed by atoms with van der Waals surface area (Å²) in [7, 11) is 2.01. The normalized spacial score (nSPS) is 23.8. The maximum Gasteiger partial charge on any atom is 0.146 e.